The number of rotatable bonds is 33. The molecule has 7 aliphatic heterocycles. The van der Waals surface area contributed by atoms with Gasteiger partial charge in [0.15, 0.2) is 99.1 Å². The molecule has 0 aromatic carbocycles. The molecule has 0 spiro atoms. The van der Waals surface area contributed by atoms with E-state index in [2.05, 4.69) is 340 Å². The van der Waals surface area contributed by atoms with Crippen molar-refractivity contribution in [2.45, 2.75) is 142 Å². The lowest BCUT2D eigenvalue weighted by Gasteiger charge is -2.20. The number of carboxylic acid groups (broad SMARTS) is 1. The van der Waals surface area contributed by atoms with E-state index in [0.29, 0.717) is 6.42 Å². The van der Waals surface area contributed by atoms with Gasteiger partial charge in [-0.1, -0.05) is 6.42 Å². The van der Waals surface area contributed by atoms with Gasteiger partial charge in [0.2, 0.25) is 0 Å². The molecule has 8 aromatic rings. The Bertz CT molecular complexity index is 5320. The number of nitrogens with zero attached hydrogens (tertiary/aromatic N) is 14. The summed E-state index contributed by atoms with van der Waals surface area (Å²) in [6.07, 6.45) is 85.4. The molecule has 566 valence electrons. The Morgan fingerprint density at radius 1 is 0.292 bits per heavy atom. The Balaban J connectivity index is 0.698. The first-order valence-corrected chi connectivity index (χ1v) is 40.6. The molecule has 0 saturated carbocycles. The van der Waals surface area contributed by atoms with Crippen LogP contribution >= 0.6 is 0 Å². The van der Waals surface area contributed by atoms with Crippen molar-refractivity contribution in [1.82, 2.24) is 9.80 Å². The van der Waals surface area contributed by atoms with Crippen LogP contribution in [0.5, 0.6) is 0 Å². The predicted octanol–water partition coefficient (Wildman–Crippen LogP) is 14.7. The van der Waals surface area contributed by atoms with Crippen molar-refractivity contribution in [3.63, 3.8) is 0 Å². The number of carboxylic acids is 1. The Morgan fingerprint density at radius 2 is 0.531 bits per heavy atom. The molecule has 113 heavy (non-hydrogen) atoms. The van der Waals surface area contributed by atoms with E-state index in [1.165, 1.54) is 33.4 Å². The number of aliphatic imine (C=N–C) groups is 4. The maximum Gasteiger partial charge on any atom is 0.303 e. The van der Waals surface area contributed by atoms with E-state index in [1.807, 2.05) is 21.1 Å². The second kappa shape index (κ2) is 37.1. The van der Waals surface area contributed by atoms with Crippen LogP contribution in [-0.4, -0.2) is 57.3 Å². The summed E-state index contributed by atoms with van der Waals surface area (Å²) in [5.41, 5.74) is 21.8. The third kappa shape index (κ3) is 19.8. The maximum absolute atomic E-state index is 11.3. The molecule has 0 unspecified atom stereocenters. The number of aryl methyl sites for hydroxylation is 8. The molecule has 0 radical (unpaired) electrons. The number of fused-ring (bicyclic) bond motifs is 4. The molecule has 0 aliphatic carbocycles. The number of hydrogen-bond acceptors (Lipinski definition) is 7. The lowest BCUT2D eigenvalue weighted by atomic mass is 9.99. The molecular formula is C97H104N14O2+8. The van der Waals surface area contributed by atoms with Gasteiger partial charge >= 0.3 is 5.97 Å². The van der Waals surface area contributed by atoms with Crippen LogP contribution in [0.1, 0.15) is 125 Å². The van der Waals surface area contributed by atoms with Gasteiger partial charge in [-0.25, -0.2) is 56.5 Å². The molecule has 8 aromatic heterocycles. The molecule has 1 N–H and O–H groups in total. The zero-order chi connectivity index (χ0) is 77.1. The van der Waals surface area contributed by atoms with Gasteiger partial charge in [0.05, 0.1) is 45.6 Å². The summed E-state index contributed by atoms with van der Waals surface area (Å²) in [4.78, 5) is 38.3. The van der Waals surface area contributed by atoms with Gasteiger partial charge in [0.25, 0.3) is 0 Å². The average molecular weight is 1500 g/mol. The van der Waals surface area contributed by atoms with Gasteiger partial charge in [-0.2, -0.15) is 0 Å². The fourth-order valence-electron chi connectivity index (χ4n) is 15.4. The summed E-state index contributed by atoms with van der Waals surface area (Å²) in [5, 5.41) is 9.30. The lowest BCUT2D eigenvalue weighted by Crippen LogP contribution is -2.33. The van der Waals surface area contributed by atoms with Crippen LogP contribution in [0.2, 0.25) is 0 Å². The number of allylic oxidation sites excluding steroid dienone is 18. The Labute approximate surface area is 665 Å². The summed E-state index contributed by atoms with van der Waals surface area (Å²) in [7, 11) is 6.14. The van der Waals surface area contributed by atoms with Crippen LogP contribution in [0.4, 0.5) is 0 Å². The fraction of sp³-hybridized carbons (Fsp3) is 0.268. The van der Waals surface area contributed by atoms with Gasteiger partial charge in [-0.05, 0) is 180 Å². The summed E-state index contributed by atoms with van der Waals surface area (Å²) in [5.74, 6) is -0.751. The Hall–Kier alpha value is -12.4. The van der Waals surface area contributed by atoms with E-state index in [0.717, 1.165) is 226 Å². The molecule has 8 bridgehead atoms. The lowest BCUT2D eigenvalue weighted by molar-refractivity contribution is -0.698. The van der Waals surface area contributed by atoms with Crippen molar-refractivity contribution < 1.29 is 46.4 Å². The van der Waals surface area contributed by atoms with Gasteiger partial charge < -0.3 is 14.9 Å². The highest BCUT2D eigenvalue weighted by molar-refractivity contribution is 6.39. The number of unbranched alkanes of at least 4 members (excludes halogenated alkanes) is 11. The summed E-state index contributed by atoms with van der Waals surface area (Å²) < 4.78 is 17.8. The average Bonchev–Trinajstić information content (AvgIpc) is 1.60. The Kier molecular flexibility index (Phi) is 24.9. The summed E-state index contributed by atoms with van der Waals surface area (Å²) in [6, 6.07) is 35.2. The highest BCUT2D eigenvalue weighted by Crippen LogP contribution is 2.39. The van der Waals surface area contributed by atoms with Crippen molar-refractivity contribution in [1.29, 1.82) is 0 Å². The molecule has 7 aliphatic rings. The molecule has 0 fully saturated rings. The van der Waals surface area contributed by atoms with Crippen molar-refractivity contribution in [2.24, 2.45) is 34.1 Å². The first-order valence-electron chi connectivity index (χ1n) is 40.6. The van der Waals surface area contributed by atoms with Crippen molar-refractivity contribution in [2.75, 3.05) is 13.6 Å². The SMILES string of the molecule is CN1C=CC(=C2C=CN(CCCCCC[n+]3ccc(C4=C5C=CC(=N5)C(c5cc[n+](CCCCCC[n+]6ccc(-c7cc[n+](C)cc7)cc6)cc5)=C5C=CC(=N5)C(c5cc[n+](CCCCCC[n+]6ccc(-c7cc[n+](C)cc7)cc6)cc5)=C5C=CC(=N5)C(c5cc[n+](CCCCCC(=O)O)cc5)=C5C=CC4=N5)cc3)C=C2)C=C1. The van der Waals surface area contributed by atoms with Crippen molar-refractivity contribution >= 4 is 51.1 Å². The molecule has 0 saturated heterocycles. The van der Waals surface area contributed by atoms with Crippen LogP contribution in [0.3, 0.4) is 0 Å². The highest BCUT2D eigenvalue weighted by Gasteiger charge is 2.30. The molecule has 15 heterocycles. The van der Waals surface area contributed by atoms with E-state index in [9.17, 15) is 9.90 Å². The standard InChI is InChI=1S/C97H103N14O2/c1-102-55-28-75(29-56-102)78-34-61-105(62-35-78)48-12-4-7-15-51-108-67-40-81(41-68-108)94-85-20-22-87(98-85)95(82-42-69-109(70-43-82)52-16-8-5-13-49-106-63-36-79(37-64-106)76-30-57-103(2)58-31-76)89-24-26-91(100-89)97(84-46-73-111(74-47-84)54-18-10-11-19-93(112)113)92-27-25-90(101-92)96(88-23-21-86(94)99-88)83-44-71-110(72-45-83)53-17-9-6-14-50-107-65-38-80(39-66-107)77-32-59-104(3)60-33-77/h20-47,55-74H,4-19,48-54H2,1-3H3/q+7/p+1. The monoisotopic (exact) mass is 1500 g/mol. The molecule has 16 nitrogen and oxygen atoms in total. The first kappa shape index (κ1) is 76.0. The van der Waals surface area contributed by atoms with E-state index < -0.39 is 5.97 Å². The minimum atomic E-state index is -0.751. The summed E-state index contributed by atoms with van der Waals surface area (Å²) in [6.45, 7) is 6.54. The second-order valence-corrected chi connectivity index (χ2v) is 30.3. The highest BCUT2D eigenvalue weighted by atomic mass is 16.4. The minimum absolute atomic E-state index is 0.186. The molecule has 0 atom stereocenters. The van der Waals surface area contributed by atoms with Crippen LogP contribution in [0.15, 0.2) is 348 Å². The van der Waals surface area contributed by atoms with Crippen LogP contribution in [0.25, 0.3) is 44.5 Å². The molecule has 15 rings (SSSR count). The normalized spacial score (nSPS) is 15.5. The van der Waals surface area contributed by atoms with Crippen molar-refractivity contribution in [3.8, 4) is 22.3 Å². The summed E-state index contributed by atoms with van der Waals surface area (Å²) >= 11 is 0. The van der Waals surface area contributed by atoms with Gasteiger partial charge in [0.1, 0.15) is 53.4 Å². The third-order valence-electron chi connectivity index (χ3n) is 22.0. The first-order chi connectivity index (χ1) is 55.5. The fourth-order valence-corrected chi connectivity index (χ4v) is 15.4. The Morgan fingerprint density at radius 3 is 0.805 bits per heavy atom. The zero-order valence-corrected chi connectivity index (χ0v) is 65.6. The minimum Gasteiger partial charge on any atom is -0.481 e. The molecule has 16 heteroatoms. The second-order valence-electron chi connectivity index (χ2n) is 30.3. The molecular weight excluding hydrogens is 1390 g/mol. The van der Waals surface area contributed by atoms with E-state index >= 15 is 0 Å². The number of carbonyl (C=O) groups is 1. The quantitative estimate of drug-likeness (QED) is 0.0325. The third-order valence-corrected chi connectivity index (χ3v) is 22.0. The van der Waals surface area contributed by atoms with E-state index in [-0.39, 0.29) is 6.42 Å². The van der Waals surface area contributed by atoms with Crippen LogP contribution < -0.4 is 36.5 Å². The zero-order valence-electron chi connectivity index (χ0n) is 65.6. The van der Waals surface area contributed by atoms with Crippen LogP contribution in [0, 0.1) is 0 Å². The van der Waals surface area contributed by atoms with Gasteiger partial charge in [-0.15, -0.1) is 0 Å². The van der Waals surface area contributed by atoms with Gasteiger partial charge in [0, 0.05) is 203 Å². The number of aromatic nitrogens is 8. The van der Waals surface area contributed by atoms with Crippen LogP contribution in [-0.2, 0) is 58.2 Å². The number of hydrogen-bond donors (Lipinski definition) is 1. The number of pyridine rings is 8. The number of aliphatic carboxylic acids is 1. The largest absolute Gasteiger partial charge is 0.481 e. The topological polar surface area (TPSA) is 124 Å². The molecule has 0 amide bonds. The van der Waals surface area contributed by atoms with Gasteiger partial charge in [-0.3, -0.25) is 4.79 Å². The predicted molar refractivity (Wildman–Crippen MR) is 447 cm³/mol. The smallest absolute Gasteiger partial charge is 0.303 e. The van der Waals surface area contributed by atoms with E-state index in [1.54, 1.807) is 0 Å². The maximum atomic E-state index is 11.3. The van der Waals surface area contributed by atoms with E-state index in [4.69, 9.17) is 20.0 Å². The van der Waals surface area contributed by atoms with Crippen molar-refractivity contribution in [3.05, 3.63) is 350 Å².